The number of hydrogen-bond donors (Lipinski definition) is 1. The van der Waals surface area contributed by atoms with Crippen molar-refractivity contribution in [3.8, 4) is 0 Å². The van der Waals surface area contributed by atoms with Gasteiger partial charge in [-0.3, -0.25) is 14.4 Å². The Kier molecular flexibility index (Phi) is 33.4. The summed E-state index contributed by atoms with van der Waals surface area (Å²) in [5.74, 6) is 0.375. The number of unbranched alkanes of at least 4 members (excludes halogenated alkanes) is 23. The lowest BCUT2D eigenvalue weighted by molar-refractivity contribution is -0.157. The van der Waals surface area contributed by atoms with Crippen molar-refractivity contribution in [2.24, 2.45) is 5.73 Å². The number of carbonyl (C=O) groups is 3. The maximum atomic E-state index is 12.5. The second kappa shape index (κ2) is 34.3. The average Bonchev–Trinajstić information content (AvgIpc) is 3.02. The number of nitrogens with two attached hydrogens (primary N) is 1. The van der Waals surface area contributed by atoms with Crippen molar-refractivity contribution < 1.29 is 23.9 Å². The number of rotatable bonds is 35. The van der Waals surface area contributed by atoms with E-state index in [1.807, 2.05) is 0 Å². The summed E-state index contributed by atoms with van der Waals surface area (Å²) < 4.78 is 11.2. The summed E-state index contributed by atoms with van der Waals surface area (Å²) in [6.45, 7) is 6.06. The molecule has 266 valence electrons. The van der Waals surface area contributed by atoms with Crippen molar-refractivity contribution in [3.63, 3.8) is 0 Å². The zero-order valence-electron chi connectivity index (χ0n) is 29.9. The average molecular weight is 656 g/mol. The molecule has 45 heavy (non-hydrogen) atoms. The summed E-state index contributed by atoms with van der Waals surface area (Å²) in [7, 11) is 0. The number of ether oxygens (including phenoxy) is 2. The smallest absolute Gasteiger partial charge is 0.306 e. The van der Waals surface area contributed by atoms with Crippen LogP contribution < -0.4 is 5.73 Å². The van der Waals surface area contributed by atoms with Gasteiger partial charge in [-0.15, -0.1) is 0 Å². The van der Waals surface area contributed by atoms with E-state index in [2.05, 4.69) is 13.8 Å². The first-order valence-electron chi connectivity index (χ1n) is 19.1. The number of ketones is 1. The van der Waals surface area contributed by atoms with Crippen LogP contribution in [0.15, 0.2) is 0 Å². The fourth-order valence-corrected chi connectivity index (χ4v) is 6.51. The minimum atomic E-state index is -0.537. The predicted octanol–water partition coefficient (Wildman–Crippen LogP) is 10.7. The van der Waals surface area contributed by atoms with Crippen LogP contribution in [0.1, 0.15) is 194 Å². The monoisotopic (exact) mass is 656 g/mol. The molecule has 0 aliphatic heterocycles. The van der Waals surface area contributed by atoms with Gasteiger partial charge in [0.05, 0.1) is 6.04 Å². The zero-order valence-corrected chi connectivity index (χ0v) is 30.7. The molecule has 6 nitrogen and oxygen atoms in total. The number of carbonyl (C=O) groups excluding carboxylic acids is 3. The van der Waals surface area contributed by atoms with Gasteiger partial charge in [-0.05, 0) is 19.8 Å². The van der Waals surface area contributed by atoms with Gasteiger partial charge >= 0.3 is 11.9 Å². The van der Waals surface area contributed by atoms with E-state index in [4.69, 9.17) is 15.2 Å². The fourth-order valence-electron chi connectivity index (χ4n) is 5.46. The highest BCUT2D eigenvalue weighted by Crippen LogP contribution is 2.16. The molecule has 0 bridgehead atoms. The third kappa shape index (κ3) is 32.6. The molecule has 0 aromatic carbocycles. The van der Waals surface area contributed by atoms with Crippen LogP contribution in [-0.4, -0.2) is 48.0 Å². The van der Waals surface area contributed by atoms with E-state index in [-0.39, 0.29) is 24.3 Å². The van der Waals surface area contributed by atoms with Crippen molar-refractivity contribution in [3.05, 3.63) is 0 Å². The minimum Gasteiger partial charge on any atom is -0.462 e. The highest BCUT2D eigenvalue weighted by Gasteiger charge is 2.18. The van der Waals surface area contributed by atoms with Crippen LogP contribution in [0.5, 0.6) is 0 Å². The maximum absolute atomic E-state index is 12.5. The largest absolute Gasteiger partial charge is 0.462 e. The number of Topliss-reactive ketones (excluding diaryl/α,β-unsaturated/α-hetero) is 1. The normalized spacial score (nSPS) is 12.6. The van der Waals surface area contributed by atoms with Crippen LogP contribution in [0.4, 0.5) is 0 Å². The Morgan fingerprint density at radius 2 is 0.889 bits per heavy atom. The molecule has 0 amide bonds. The number of thioether (sulfide) groups is 1. The molecular weight excluding hydrogens is 582 g/mol. The van der Waals surface area contributed by atoms with E-state index < -0.39 is 12.1 Å². The van der Waals surface area contributed by atoms with Gasteiger partial charge in [-0.1, -0.05) is 162 Å². The highest BCUT2D eigenvalue weighted by molar-refractivity contribution is 7.99. The second-order valence-corrected chi connectivity index (χ2v) is 14.3. The first kappa shape index (κ1) is 43.9. The summed E-state index contributed by atoms with van der Waals surface area (Å²) in [5.41, 5.74) is 5.86. The summed E-state index contributed by atoms with van der Waals surface area (Å²) in [5, 5.41) is 0. The second-order valence-electron chi connectivity index (χ2n) is 13.2. The molecule has 0 radical (unpaired) electrons. The Labute approximate surface area is 282 Å². The molecule has 2 N–H and O–H groups in total. The van der Waals surface area contributed by atoms with E-state index in [0.29, 0.717) is 24.3 Å². The van der Waals surface area contributed by atoms with Gasteiger partial charge in [0.15, 0.2) is 0 Å². The quantitative estimate of drug-likeness (QED) is 0.0536. The Bertz CT molecular complexity index is 689. The molecular formula is C38H73NO5S. The van der Waals surface area contributed by atoms with Crippen LogP contribution in [0, 0.1) is 0 Å². The molecule has 0 aromatic heterocycles. The van der Waals surface area contributed by atoms with Gasteiger partial charge in [0, 0.05) is 24.3 Å². The van der Waals surface area contributed by atoms with E-state index in [1.165, 1.54) is 141 Å². The molecule has 0 fully saturated rings. The summed E-state index contributed by atoms with van der Waals surface area (Å²) in [4.78, 5) is 36.4. The van der Waals surface area contributed by atoms with Crippen LogP contribution in [0.2, 0.25) is 0 Å². The predicted molar refractivity (Wildman–Crippen MR) is 193 cm³/mol. The van der Waals surface area contributed by atoms with Gasteiger partial charge in [0.25, 0.3) is 0 Å². The van der Waals surface area contributed by atoms with Crippen LogP contribution in [-0.2, 0) is 23.9 Å². The Morgan fingerprint density at radius 1 is 0.533 bits per heavy atom. The lowest BCUT2D eigenvalue weighted by atomic mass is 10.0. The Balaban J connectivity index is 4.08. The van der Waals surface area contributed by atoms with Gasteiger partial charge in [0.1, 0.15) is 18.5 Å². The highest BCUT2D eigenvalue weighted by atomic mass is 32.2. The van der Waals surface area contributed by atoms with Crippen molar-refractivity contribution in [2.45, 2.75) is 206 Å². The topological polar surface area (TPSA) is 95.7 Å². The van der Waals surface area contributed by atoms with E-state index in [1.54, 1.807) is 0 Å². The molecule has 7 heteroatoms. The molecule has 0 spiro atoms. The summed E-state index contributed by atoms with van der Waals surface area (Å²) in [6, 6.07) is -0.537. The molecule has 0 aliphatic carbocycles. The summed E-state index contributed by atoms with van der Waals surface area (Å²) >= 11 is 1.46. The molecule has 0 saturated heterocycles. The van der Waals surface area contributed by atoms with Crippen LogP contribution in [0.25, 0.3) is 0 Å². The molecule has 2 unspecified atom stereocenters. The van der Waals surface area contributed by atoms with Crippen molar-refractivity contribution in [1.29, 1.82) is 0 Å². The minimum absolute atomic E-state index is 0.0593. The summed E-state index contributed by atoms with van der Waals surface area (Å²) in [6.07, 6.45) is 31.7. The van der Waals surface area contributed by atoms with E-state index >= 15 is 0 Å². The first-order chi connectivity index (χ1) is 21.9. The van der Waals surface area contributed by atoms with Crippen molar-refractivity contribution >= 4 is 29.5 Å². The molecule has 0 rings (SSSR count). The third-order valence-electron chi connectivity index (χ3n) is 8.57. The third-order valence-corrected chi connectivity index (χ3v) is 9.77. The van der Waals surface area contributed by atoms with Gasteiger partial charge < -0.3 is 15.2 Å². The molecule has 0 saturated carbocycles. The standard InChI is InChI=1S/C38H73NO5S/c1-4-6-8-10-12-14-16-18-20-21-23-25-27-29-37(41)43-31-35(32-45-33-36(39)34(3)40)44-38(42)30-28-26-24-22-19-17-15-13-11-9-7-5-2/h35-36H,4-33,39H2,1-3H3. The fraction of sp³-hybridized carbons (Fsp3) is 0.921. The SMILES string of the molecule is CCCCCCCCCCCCCCCC(=O)OCC(CSCC(N)C(C)=O)OC(=O)CCCCCCCCCCCCCC. The van der Waals surface area contributed by atoms with E-state index in [0.717, 1.165) is 38.5 Å². The lowest BCUT2D eigenvalue weighted by Crippen LogP contribution is -2.32. The van der Waals surface area contributed by atoms with E-state index in [9.17, 15) is 14.4 Å². The van der Waals surface area contributed by atoms with Crippen LogP contribution in [0.3, 0.4) is 0 Å². The van der Waals surface area contributed by atoms with Gasteiger partial charge in [0.2, 0.25) is 0 Å². The Morgan fingerprint density at radius 3 is 1.27 bits per heavy atom. The van der Waals surface area contributed by atoms with Crippen molar-refractivity contribution in [1.82, 2.24) is 0 Å². The Hall–Kier alpha value is -1.08. The lowest BCUT2D eigenvalue weighted by Gasteiger charge is -2.18. The molecule has 0 heterocycles. The number of hydrogen-bond acceptors (Lipinski definition) is 7. The first-order valence-corrected chi connectivity index (χ1v) is 20.2. The zero-order chi connectivity index (χ0) is 33.2. The van der Waals surface area contributed by atoms with Gasteiger partial charge in [-0.25, -0.2) is 0 Å². The maximum Gasteiger partial charge on any atom is 0.306 e. The number of esters is 2. The molecule has 2 atom stereocenters. The van der Waals surface area contributed by atoms with Crippen LogP contribution >= 0.6 is 11.8 Å². The molecule has 0 aliphatic rings. The van der Waals surface area contributed by atoms with Gasteiger partial charge in [-0.2, -0.15) is 11.8 Å². The van der Waals surface area contributed by atoms with Crippen molar-refractivity contribution in [2.75, 3.05) is 18.1 Å². The molecule has 0 aromatic rings.